The van der Waals surface area contributed by atoms with E-state index in [1.54, 1.807) is 29.9 Å². The van der Waals surface area contributed by atoms with Crippen LogP contribution in [0.4, 0.5) is 11.8 Å². The summed E-state index contributed by atoms with van der Waals surface area (Å²) in [6.45, 7) is 2.24. The zero-order valence-electron chi connectivity index (χ0n) is 14.2. The lowest BCUT2D eigenvalue weighted by Gasteiger charge is -2.08. The predicted octanol–water partition coefficient (Wildman–Crippen LogP) is 1.33. The van der Waals surface area contributed by atoms with E-state index in [0.29, 0.717) is 23.9 Å². The molecule has 3 aromatic rings. The van der Waals surface area contributed by atoms with Crippen molar-refractivity contribution in [2.24, 2.45) is 7.05 Å². The standard InChI is InChI=1S/C16H19N7O2/c1-9-6-10(23(3)22-9)8-19-15(24)12-7-11(20-16(18-2)21-12)13-4-5-14(17)25-13/h4-7H,8,17H2,1-3H3,(H,19,24)(H,18,20,21). The van der Waals surface area contributed by atoms with Gasteiger partial charge in [-0.3, -0.25) is 9.48 Å². The van der Waals surface area contributed by atoms with Gasteiger partial charge in [0.2, 0.25) is 5.95 Å². The molecule has 0 saturated carbocycles. The Morgan fingerprint density at radius 2 is 2.12 bits per heavy atom. The average Bonchev–Trinajstić information content (AvgIpc) is 3.17. The first-order valence-electron chi connectivity index (χ1n) is 7.66. The van der Waals surface area contributed by atoms with E-state index in [4.69, 9.17) is 10.2 Å². The van der Waals surface area contributed by atoms with Gasteiger partial charge in [0.05, 0.1) is 17.9 Å². The molecule has 0 radical (unpaired) electrons. The minimum Gasteiger partial charge on any atom is -0.439 e. The number of hydrogen-bond donors (Lipinski definition) is 3. The normalized spacial score (nSPS) is 10.7. The van der Waals surface area contributed by atoms with Gasteiger partial charge in [0.1, 0.15) is 11.4 Å². The molecule has 0 spiro atoms. The molecule has 0 aliphatic carbocycles. The maximum absolute atomic E-state index is 12.5. The van der Waals surface area contributed by atoms with Gasteiger partial charge in [-0.25, -0.2) is 9.97 Å². The molecule has 130 valence electrons. The second kappa shape index (κ2) is 6.63. The molecule has 0 atom stereocenters. The average molecular weight is 341 g/mol. The summed E-state index contributed by atoms with van der Waals surface area (Å²) in [6, 6.07) is 6.79. The summed E-state index contributed by atoms with van der Waals surface area (Å²) in [4.78, 5) is 21.0. The van der Waals surface area contributed by atoms with E-state index < -0.39 is 0 Å². The molecule has 0 unspecified atom stereocenters. The summed E-state index contributed by atoms with van der Waals surface area (Å²) in [6.07, 6.45) is 0. The molecule has 1 amide bonds. The molecule has 4 N–H and O–H groups in total. The SMILES string of the molecule is CNc1nc(C(=O)NCc2cc(C)nn2C)cc(-c2ccc(N)o2)n1. The highest BCUT2D eigenvalue weighted by atomic mass is 16.4. The summed E-state index contributed by atoms with van der Waals surface area (Å²) in [5.41, 5.74) is 8.08. The molecule has 3 rings (SSSR count). The summed E-state index contributed by atoms with van der Waals surface area (Å²) in [7, 11) is 3.51. The van der Waals surface area contributed by atoms with Gasteiger partial charge in [0.15, 0.2) is 11.6 Å². The third kappa shape index (κ3) is 3.60. The van der Waals surface area contributed by atoms with Crippen molar-refractivity contribution in [2.45, 2.75) is 13.5 Å². The van der Waals surface area contributed by atoms with E-state index in [1.807, 2.05) is 20.0 Å². The maximum atomic E-state index is 12.5. The fourth-order valence-electron chi connectivity index (χ4n) is 2.38. The molecule has 0 aliphatic rings. The van der Waals surface area contributed by atoms with E-state index in [9.17, 15) is 4.79 Å². The fraction of sp³-hybridized carbons (Fsp3) is 0.250. The van der Waals surface area contributed by atoms with Crippen LogP contribution in [-0.4, -0.2) is 32.7 Å². The number of furan rings is 1. The van der Waals surface area contributed by atoms with Gasteiger partial charge in [0, 0.05) is 20.2 Å². The largest absolute Gasteiger partial charge is 0.439 e. The molecule has 0 aromatic carbocycles. The Labute approximate surface area is 144 Å². The van der Waals surface area contributed by atoms with Gasteiger partial charge in [-0.05, 0) is 25.1 Å². The van der Waals surface area contributed by atoms with E-state index in [1.165, 1.54) is 0 Å². The van der Waals surface area contributed by atoms with Crippen LogP contribution in [0.2, 0.25) is 0 Å². The third-order valence-corrected chi connectivity index (χ3v) is 3.59. The van der Waals surface area contributed by atoms with Crippen LogP contribution in [0.5, 0.6) is 0 Å². The van der Waals surface area contributed by atoms with Gasteiger partial charge in [0.25, 0.3) is 5.91 Å². The quantitative estimate of drug-likeness (QED) is 0.639. The van der Waals surface area contributed by atoms with Crippen molar-refractivity contribution < 1.29 is 9.21 Å². The Kier molecular flexibility index (Phi) is 4.38. The van der Waals surface area contributed by atoms with Crippen LogP contribution in [-0.2, 0) is 13.6 Å². The summed E-state index contributed by atoms with van der Waals surface area (Å²) in [5.74, 6) is 0.734. The molecule has 0 bridgehead atoms. The van der Waals surface area contributed by atoms with Crippen molar-refractivity contribution in [3.63, 3.8) is 0 Å². The number of nitrogen functional groups attached to an aromatic ring is 1. The van der Waals surface area contributed by atoms with Crippen molar-refractivity contribution >= 4 is 17.7 Å². The predicted molar refractivity (Wildman–Crippen MR) is 92.8 cm³/mol. The summed E-state index contributed by atoms with van der Waals surface area (Å²) in [5, 5.41) is 9.92. The Morgan fingerprint density at radius 1 is 1.32 bits per heavy atom. The zero-order valence-corrected chi connectivity index (χ0v) is 14.2. The number of aryl methyl sites for hydroxylation is 2. The minimum atomic E-state index is -0.321. The Bertz CT molecular complexity index is 913. The lowest BCUT2D eigenvalue weighted by molar-refractivity contribution is 0.0945. The number of hydrogen-bond acceptors (Lipinski definition) is 7. The van der Waals surface area contributed by atoms with Gasteiger partial charge in [-0.1, -0.05) is 0 Å². The smallest absolute Gasteiger partial charge is 0.270 e. The molecule has 3 aromatic heterocycles. The lowest BCUT2D eigenvalue weighted by Crippen LogP contribution is -2.25. The number of amides is 1. The summed E-state index contributed by atoms with van der Waals surface area (Å²) >= 11 is 0. The molecule has 0 fully saturated rings. The van der Waals surface area contributed by atoms with E-state index >= 15 is 0 Å². The molecule has 25 heavy (non-hydrogen) atoms. The van der Waals surface area contributed by atoms with Crippen LogP contribution < -0.4 is 16.4 Å². The highest BCUT2D eigenvalue weighted by Gasteiger charge is 2.15. The fourth-order valence-corrected chi connectivity index (χ4v) is 2.38. The summed E-state index contributed by atoms with van der Waals surface area (Å²) < 4.78 is 7.10. The zero-order chi connectivity index (χ0) is 18.0. The van der Waals surface area contributed by atoms with E-state index in [0.717, 1.165) is 11.4 Å². The molecular formula is C16H19N7O2. The molecule has 0 aliphatic heterocycles. The number of nitrogens with one attached hydrogen (secondary N) is 2. The van der Waals surface area contributed by atoms with Crippen LogP contribution in [0.25, 0.3) is 11.5 Å². The van der Waals surface area contributed by atoms with Crippen LogP contribution in [0.3, 0.4) is 0 Å². The van der Waals surface area contributed by atoms with Gasteiger partial charge in [-0.2, -0.15) is 5.10 Å². The van der Waals surface area contributed by atoms with Crippen LogP contribution in [0.1, 0.15) is 21.9 Å². The van der Waals surface area contributed by atoms with Crippen LogP contribution in [0.15, 0.2) is 28.7 Å². The first-order valence-corrected chi connectivity index (χ1v) is 7.66. The second-order valence-corrected chi connectivity index (χ2v) is 5.50. The maximum Gasteiger partial charge on any atom is 0.270 e. The number of nitrogens with zero attached hydrogens (tertiary/aromatic N) is 4. The Balaban J connectivity index is 1.83. The Morgan fingerprint density at radius 3 is 2.72 bits per heavy atom. The molecule has 3 heterocycles. The Hall–Kier alpha value is -3.36. The monoisotopic (exact) mass is 341 g/mol. The number of nitrogens with two attached hydrogens (primary N) is 1. The van der Waals surface area contributed by atoms with E-state index in [2.05, 4.69) is 25.7 Å². The highest BCUT2D eigenvalue weighted by molar-refractivity contribution is 5.93. The van der Waals surface area contributed by atoms with Gasteiger partial charge < -0.3 is 20.8 Å². The van der Waals surface area contributed by atoms with Crippen LogP contribution >= 0.6 is 0 Å². The second-order valence-electron chi connectivity index (χ2n) is 5.50. The number of aromatic nitrogens is 4. The van der Waals surface area contributed by atoms with Gasteiger partial charge in [-0.15, -0.1) is 0 Å². The van der Waals surface area contributed by atoms with Crippen LogP contribution in [0, 0.1) is 6.92 Å². The molecule has 9 heteroatoms. The van der Waals surface area contributed by atoms with E-state index in [-0.39, 0.29) is 17.5 Å². The van der Waals surface area contributed by atoms with Crippen molar-refractivity contribution in [3.05, 3.63) is 41.3 Å². The number of carbonyl (C=O) groups is 1. The van der Waals surface area contributed by atoms with Gasteiger partial charge >= 0.3 is 0 Å². The van der Waals surface area contributed by atoms with Crippen molar-refractivity contribution in [3.8, 4) is 11.5 Å². The number of carbonyl (C=O) groups excluding carboxylic acids is 1. The number of rotatable bonds is 5. The first kappa shape index (κ1) is 16.5. The molecule has 9 nitrogen and oxygen atoms in total. The number of anilines is 2. The minimum absolute atomic E-state index is 0.225. The molecule has 0 saturated heterocycles. The van der Waals surface area contributed by atoms with Crippen molar-refractivity contribution in [1.29, 1.82) is 0 Å². The topological polar surface area (TPSA) is 124 Å². The molecular weight excluding hydrogens is 322 g/mol. The first-order chi connectivity index (χ1) is 12.0. The lowest BCUT2D eigenvalue weighted by atomic mass is 10.2. The van der Waals surface area contributed by atoms with Crippen molar-refractivity contribution in [2.75, 3.05) is 18.1 Å². The van der Waals surface area contributed by atoms with Crippen molar-refractivity contribution in [1.82, 2.24) is 25.1 Å². The highest BCUT2D eigenvalue weighted by Crippen LogP contribution is 2.23. The third-order valence-electron chi connectivity index (χ3n) is 3.59.